The molecular formula is C25H28N8O2. The first-order valence-electron chi connectivity index (χ1n) is 12.7. The zero-order chi connectivity index (χ0) is 23.8. The number of H-pyrrole nitrogens is 1. The third-order valence-electron chi connectivity index (χ3n) is 8.90. The van der Waals surface area contributed by atoms with Crippen LogP contribution in [0.2, 0.25) is 0 Å². The molecule has 1 saturated carbocycles. The van der Waals surface area contributed by atoms with Gasteiger partial charge in [0.2, 0.25) is 11.8 Å². The van der Waals surface area contributed by atoms with Crippen LogP contribution >= 0.6 is 0 Å². The van der Waals surface area contributed by atoms with E-state index in [-0.39, 0.29) is 47.9 Å². The number of nitrogens with one attached hydrogen (secondary N) is 1. The van der Waals surface area contributed by atoms with E-state index in [0.717, 1.165) is 44.2 Å². The largest absolute Gasteiger partial charge is 0.330 e. The van der Waals surface area contributed by atoms with Gasteiger partial charge in [0.15, 0.2) is 5.82 Å². The van der Waals surface area contributed by atoms with E-state index >= 15 is 0 Å². The monoisotopic (exact) mass is 472 g/mol. The van der Waals surface area contributed by atoms with E-state index in [2.05, 4.69) is 48.6 Å². The molecule has 7 atom stereocenters. The Balaban J connectivity index is 1.03. The van der Waals surface area contributed by atoms with Gasteiger partial charge in [-0.15, -0.1) is 5.10 Å². The van der Waals surface area contributed by atoms with Crippen LogP contribution in [0.3, 0.4) is 0 Å². The van der Waals surface area contributed by atoms with E-state index < -0.39 is 0 Å². The number of benzene rings is 1. The summed E-state index contributed by atoms with van der Waals surface area (Å²) in [6, 6.07) is 8.75. The molecule has 5 aliphatic rings. The molecule has 1 aromatic carbocycles. The molecule has 4 fully saturated rings. The molecule has 7 rings (SSSR count). The van der Waals surface area contributed by atoms with Crippen LogP contribution in [0.15, 0.2) is 18.2 Å². The van der Waals surface area contributed by atoms with E-state index in [1.54, 1.807) is 0 Å². The maximum absolute atomic E-state index is 13.5. The number of aryl methyl sites for hydroxylation is 1. The summed E-state index contributed by atoms with van der Waals surface area (Å²) in [6.45, 7) is 3.35. The molecule has 0 radical (unpaired) electrons. The third kappa shape index (κ3) is 3.14. The first-order chi connectivity index (χ1) is 17.0. The number of likely N-dealkylation sites (tertiary alicyclic amines) is 3. The quantitative estimate of drug-likeness (QED) is 0.696. The topological polar surface area (TPSA) is 122 Å². The fraction of sp³-hybridized carbons (Fsp3) is 0.600. The summed E-state index contributed by atoms with van der Waals surface area (Å²) < 4.78 is 0. The van der Waals surface area contributed by atoms with E-state index in [9.17, 15) is 14.9 Å². The predicted octanol–water partition coefficient (Wildman–Crippen LogP) is 1.29. The fourth-order valence-corrected chi connectivity index (χ4v) is 7.19. The summed E-state index contributed by atoms with van der Waals surface area (Å²) in [5.74, 6) is 1.24. The number of aromatic amines is 1. The second-order valence-electron chi connectivity index (χ2n) is 10.9. The van der Waals surface area contributed by atoms with Crippen LogP contribution < -0.4 is 0 Å². The number of hydrogen-bond donors (Lipinski definition) is 1. The lowest BCUT2D eigenvalue weighted by Gasteiger charge is -2.39. The van der Waals surface area contributed by atoms with Crippen molar-refractivity contribution in [2.24, 2.45) is 11.8 Å². The van der Waals surface area contributed by atoms with E-state index in [0.29, 0.717) is 18.3 Å². The molecule has 4 heterocycles. The summed E-state index contributed by atoms with van der Waals surface area (Å²) in [7, 11) is 0. The Bertz CT molecular complexity index is 1240. The Hall–Kier alpha value is -3.32. The number of rotatable bonds is 5. The number of carbonyl (C=O) groups excluding carboxylic acids is 2. The SMILES string of the molecule is C[C@@H](CN1C[C@@H]2C[C@H]1C(=O)N2[C@@H]1CCc2cc(-c3nnn[nH]3)ccc21)C(=O)N1C2C[C@H]2C[C@H]1C#N. The van der Waals surface area contributed by atoms with Gasteiger partial charge < -0.3 is 9.80 Å². The van der Waals surface area contributed by atoms with Gasteiger partial charge in [0.1, 0.15) is 6.04 Å². The summed E-state index contributed by atoms with van der Waals surface area (Å²) in [6.07, 6.45) is 4.57. The summed E-state index contributed by atoms with van der Waals surface area (Å²) in [5, 5.41) is 23.6. The van der Waals surface area contributed by atoms with Crippen molar-refractivity contribution in [3.8, 4) is 17.5 Å². The highest BCUT2D eigenvalue weighted by Gasteiger charge is 2.56. The van der Waals surface area contributed by atoms with Crippen LogP contribution in [-0.2, 0) is 16.0 Å². The lowest BCUT2D eigenvalue weighted by Crippen LogP contribution is -2.53. The second-order valence-corrected chi connectivity index (χ2v) is 10.9. The smallest absolute Gasteiger partial charge is 0.240 e. The van der Waals surface area contributed by atoms with E-state index in [1.165, 1.54) is 11.1 Å². The van der Waals surface area contributed by atoms with Gasteiger partial charge in [0.25, 0.3) is 0 Å². The Morgan fingerprint density at radius 3 is 2.94 bits per heavy atom. The van der Waals surface area contributed by atoms with Crippen molar-refractivity contribution in [3.05, 3.63) is 29.3 Å². The Kier molecular flexibility index (Phi) is 4.55. The summed E-state index contributed by atoms with van der Waals surface area (Å²) >= 11 is 0. The molecule has 2 aliphatic carbocycles. The lowest BCUT2D eigenvalue weighted by atomic mass is 10.0. The van der Waals surface area contributed by atoms with E-state index in [1.807, 2.05) is 17.9 Å². The molecule has 180 valence electrons. The molecule has 0 spiro atoms. The van der Waals surface area contributed by atoms with Crippen LogP contribution in [0.1, 0.15) is 49.8 Å². The molecule has 1 N–H and O–H groups in total. The molecule has 3 aliphatic heterocycles. The van der Waals surface area contributed by atoms with Crippen molar-refractivity contribution in [2.45, 2.75) is 69.2 Å². The van der Waals surface area contributed by atoms with Crippen LogP contribution in [0, 0.1) is 23.2 Å². The third-order valence-corrected chi connectivity index (χ3v) is 8.90. The van der Waals surface area contributed by atoms with Gasteiger partial charge in [-0.3, -0.25) is 14.5 Å². The van der Waals surface area contributed by atoms with Gasteiger partial charge in [0.05, 0.1) is 18.2 Å². The number of aromatic nitrogens is 4. The zero-order valence-electron chi connectivity index (χ0n) is 19.7. The number of nitriles is 1. The minimum atomic E-state index is -0.274. The number of hydrogen-bond acceptors (Lipinski definition) is 7. The number of tetrazole rings is 1. The fourth-order valence-electron chi connectivity index (χ4n) is 7.19. The molecule has 1 aromatic heterocycles. The average molecular weight is 473 g/mol. The molecule has 10 heteroatoms. The van der Waals surface area contributed by atoms with Crippen molar-refractivity contribution >= 4 is 11.8 Å². The van der Waals surface area contributed by atoms with Gasteiger partial charge in [-0.2, -0.15) is 5.26 Å². The number of amides is 2. The number of carbonyl (C=O) groups is 2. The van der Waals surface area contributed by atoms with Gasteiger partial charge in [-0.1, -0.05) is 19.1 Å². The van der Waals surface area contributed by atoms with Crippen molar-refractivity contribution < 1.29 is 9.59 Å². The Labute approximate surface area is 203 Å². The van der Waals surface area contributed by atoms with Gasteiger partial charge >= 0.3 is 0 Å². The van der Waals surface area contributed by atoms with Crippen molar-refractivity contribution in [1.82, 2.24) is 35.3 Å². The van der Waals surface area contributed by atoms with Crippen LogP contribution in [-0.4, -0.2) is 84.4 Å². The molecule has 35 heavy (non-hydrogen) atoms. The van der Waals surface area contributed by atoms with Crippen LogP contribution in [0.4, 0.5) is 0 Å². The Morgan fingerprint density at radius 2 is 2.17 bits per heavy atom. The first-order valence-corrected chi connectivity index (χ1v) is 12.7. The maximum Gasteiger partial charge on any atom is 0.240 e. The van der Waals surface area contributed by atoms with Crippen molar-refractivity contribution in [3.63, 3.8) is 0 Å². The van der Waals surface area contributed by atoms with Crippen molar-refractivity contribution in [2.75, 3.05) is 13.1 Å². The van der Waals surface area contributed by atoms with Crippen LogP contribution in [0.25, 0.3) is 11.4 Å². The first kappa shape index (κ1) is 21.0. The number of piperidine rings is 1. The second kappa shape index (κ2) is 7.59. The standard InChI is InChI=1S/C25H28N8O2/c1-13(24(34)32-17(10-26)7-16-8-21(16)32)11-31-12-18-9-22(31)25(35)33(18)20-5-3-14-6-15(2-4-19(14)20)23-27-29-30-28-23/h2,4,6,13,16-18,20-22H,3,5,7-9,11-12H2,1H3,(H,27,28,29,30)/t13-,16+,17-,18-,20+,21?,22-/m0/s1. The molecule has 2 amide bonds. The minimum absolute atomic E-state index is 0.0797. The van der Waals surface area contributed by atoms with Gasteiger partial charge in [-0.05, 0) is 65.6 Å². The average Bonchev–Trinajstić information content (AvgIpc) is 3.43. The predicted molar refractivity (Wildman–Crippen MR) is 123 cm³/mol. The lowest BCUT2D eigenvalue weighted by molar-refractivity contribution is -0.142. The molecule has 10 nitrogen and oxygen atoms in total. The molecule has 2 bridgehead atoms. The summed E-state index contributed by atoms with van der Waals surface area (Å²) in [5.41, 5.74) is 3.45. The van der Waals surface area contributed by atoms with Crippen LogP contribution in [0.5, 0.6) is 0 Å². The molecule has 2 aromatic rings. The molecular weight excluding hydrogens is 444 g/mol. The van der Waals surface area contributed by atoms with Gasteiger partial charge in [-0.25, -0.2) is 5.10 Å². The molecule has 1 unspecified atom stereocenters. The highest BCUT2D eigenvalue weighted by atomic mass is 16.2. The molecule has 3 saturated heterocycles. The number of piperazine rings is 1. The highest BCUT2D eigenvalue weighted by molar-refractivity contribution is 5.87. The zero-order valence-corrected chi connectivity index (χ0v) is 19.7. The Morgan fingerprint density at radius 1 is 1.29 bits per heavy atom. The number of nitrogens with zero attached hydrogens (tertiary/aromatic N) is 7. The number of fused-ring (bicyclic) bond motifs is 4. The maximum atomic E-state index is 13.5. The minimum Gasteiger partial charge on any atom is -0.330 e. The summed E-state index contributed by atoms with van der Waals surface area (Å²) in [4.78, 5) is 32.9. The normalized spacial score (nSPS) is 33.7. The van der Waals surface area contributed by atoms with Crippen molar-refractivity contribution in [1.29, 1.82) is 5.26 Å². The highest BCUT2D eigenvalue weighted by Crippen LogP contribution is 2.48. The van der Waals surface area contributed by atoms with Gasteiger partial charge in [0, 0.05) is 36.7 Å². The van der Waals surface area contributed by atoms with E-state index in [4.69, 9.17) is 0 Å².